The second-order valence-electron chi connectivity index (χ2n) is 6.18. The van der Waals surface area contributed by atoms with E-state index in [2.05, 4.69) is 15.7 Å². The van der Waals surface area contributed by atoms with Gasteiger partial charge in [-0.3, -0.25) is 4.79 Å². The van der Waals surface area contributed by atoms with Gasteiger partial charge in [-0.1, -0.05) is 41.9 Å². The van der Waals surface area contributed by atoms with E-state index < -0.39 is 17.9 Å². The van der Waals surface area contributed by atoms with E-state index in [4.69, 9.17) is 11.6 Å². The predicted octanol–water partition coefficient (Wildman–Crippen LogP) is 3.77. The van der Waals surface area contributed by atoms with Gasteiger partial charge < -0.3 is 15.7 Å². The third kappa shape index (κ3) is 3.35. The molecular formula is C20H15ClN4O3. The van der Waals surface area contributed by atoms with Crippen molar-refractivity contribution in [3.8, 4) is 0 Å². The Morgan fingerprint density at radius 2 is 1.93 bits per heavy atom. The van der Waals surface area contributed by atoms with Crippen molar-refractivity contribution in [3.63, 3.8) is 0 Å². The van der Waals surface area contributed by atoms with Gasteiger partial charge in [-0.25, -0.2) is 9.48 Å². The van der Waals surface area contributed by atoms with E-state index in [1.54, 1.807) is 35.0 Å². The Hall–Kier alpha value is -3.58. The molecule has 4 rings (SSSR count). The van der Waals surface area contributed by atoms with Crippen LogP contribution < -0.4 is 10.6 Å². The number of benzene rings is 2. The van der Waals surface area contributed by atoms with E-state index in [9.17, 15) is 14.7 Å². The molecule has 0 saturated heterocycles. The molecule has 140 valence electrons. The lowest BCUT2D eigenvalue weighted by atomic mass is 10.0. The Balaban J connectivity index is 1.74. The highest BCUT2D eigenvalue weighted by atomic mass is 35.5. The Morgan fingerprint density at radius 1 is 1.14 bits per heavy atom. The molecular weight excluding hydrogens is 380 g/mol. The molecule has 1 amide bonds. The van der Waals surface area contributed by atoms with Crippen LogP contribution in [0.1, 0.15) is 22.0 Å². The summed E-state index contributed by atoms with van der Waals surface area (Å²) in [5.74, 6) is -1.22. The van der Waals surface area contributed by atoms with E-state index in [1.807, 2.05) is 24.3 Å². The van der Waals surface area contributed by atoms with Gasteiger partial charge in [0.25, 0.3) is 5.91 Å². The van der Waals surface area contributed by atoms with Crippen LogP contribution in [0.25, 0.3) is 0 Å². The largest absolute Gasteiger partial charge is 0.477 e. The Kier molecular flexibility index (Phi) is 4.58. The SMILES string of the molecule is O=C(O)C1=CC(c2cccc(Cl)c2)n2ncc(C(=O)Nc3ccccc3)c2N1. The van der Waals surface area contributed by atoms with Crippen molar-refractivity contribution in [1.82, 2.24) is 9.78 Å². The first kappa shape index (κ1) is 17.8. The van der Waals surface area contributed by atoms with Crippen LogP contribution in [-0.2, 0) is 4.79 Å². The normalized spacial score (nSPS) is 15.2. The number of rotatable bonds is 4. The summed E-state index contributed by atoms with van der Waals surface area (Å²) in [7, 11) is 0. The average Bonchev–Trinajstić information content (AvgIpc) is 3.12. The Bertz CT molecular complexity index is 1090. The van der Waals surface area contributed by atoms with Gasteiger partial charge in [0.05, 0.1) is 12.2 Å². The number of anilines is 2. The van der Waals surface area contributed by atoms with Crippen molar-refractivity contribution in [2.24, 2.45) is 0 Å². The lowest BCUT2D eigenvalue weighted by Crippen LogP contribution is -2.25. The molecule has 1 atom stereocenters. The molecule has 3 N–H and O–H groups in total. The van der Waals surface area contributed by atoms with Gasteiger partial charge in [-0.05, 0) is 35.9 Å². The highest BCUT2D eigenvalue weighted by Gasteiger charge is 2.29. The number of aromatic nitrogens is 2. The molecule has 2 heterocycles. The van der Waals surface area contributed by atoms with E-state index >= 15 is 0 Å². The molecule has 0 spiro atoms. The molecule has 8 heteroatoms. The van der Waals surface area contributed by atoms with Crippen molar-refractivity contribution in [2.75, 3.05) is 10.6 Å². The topological polar surface area (TPSA) is 96.2 Å². The van der Waals surface area contributed by atoms with Crippen LogP contribution in [0.2, 0.25) is 5.02 Å². The van der Waals surface area contributed by atoms with Gasteiger partial charge in [-0.2, -0.15) is 5.10 Å². The number of nitrogens with one attached hydrogen (secondary N) is 2. The molecule has 3 aromatic rings. The summed E-state index contributed by atoms with van der Waals surface area (Å²) in [5.41, 5.74) is 1.59. The van der Waals surface area contributed by atoms with Crippen LogP contribution in [0, 0.1) is 0 Å². The van der Waals surface area contributed by atoms with Crippen molar-refractivity contribution in [3.05, 3.63) is 88.7 Å². The average molecular weight is 395 g/mol. The summed E-state index contributed by atoms with van der Waals surface area (Å²) in [6, 6.07) is 15.5. The number of nitrogens with zero attached hydrogens (tertiary/aromatic N) is 2. The summed E-state index contributed by atoms with van der Waals surface area (Å²) < 4.78 is 1.57. The molecule has 7 nitrogen and oxygen atoms in total. The molecule has 1 aliphatic rings. The lowest BCUT2D eigenvalue weighted by Gasteiger charge is -2.24. The monoisotopic (exact) mass is 394 g/mol. The minimum atomic E-state index is -1.13. The lowest BCUT2D eigenvalue weighted by molar-refractivity contribution is -0.132. The first-order valence-electron chi connectivity index (χ1n) is 8.44. The maximum atomic E-state index is 12.7. The molecule has 0 fully saturated rings. The van der Waals surface area contributed by atoms with Crippen molar-refractivity contribution in [2.45, 2.75) is 6.04 Å². The zero-order valence-corrected chi connectivity index (χ0v) is 15.2. The summed E-state index contributed by atoms with van der Waals surface area (Å²) >= 11 is 6.09. The molecule has 0 radical (unpaired) electrons. The van der Waals surface area contributed by atoms with Gasteiger partial charge in [0.1, 0.15) is 17.1 Å². The number of carboxylic acid groups (broad SMARTS) is 1. The smallest absolute Gasteiger partial charge is 0.352 e. The highest BCUT2D eigenvalue weighted by molar-refractivity contribution is 6.30. The Morgan fingerprint density at radius 3 is 2.64 bits per heavy atom. The second kappa shape index (κ2) is 7.21. The van der Waals surface area contributed by atoms with Gasteiger partial charge in [0.15, 0.2) is 0 Å². The number of hydrogen-bond acceptors (Lipinski definition) is 4. The summed E-state index contributed by atoms with van der Waals surface area (Å²) in [4.78, 5) is 24.3. The number of carbonyl (C=O) groups excluding carboxylic acids is 1. The van der Waals surface area contributed by atoms with E-state index in [0.29, 0.717) is 16.5 Å². The van der Waals surface area contributed by atoms with Crippen LogP contribution in [-0.4, -0.2) is 26.8 Å². The number of amides is 1. The molecule has 0 bridgehead atoms. The molecule has 2 aromatic carbocycles. The number of hydrogen-bond donors (Lipinski definition) is 3. The zero-order valence-electron chi connectivity index (χ0n) is 14.5. The molecule has 0 saturated carbocycles. The maximum Gasteiger partial charge on any atom is 0.352 e. The summed E-state index contributed by atoms with van der Waals surface area (Å²) in [6.45, 7) is 0. The van der Waals surface area contributed by atoms with Gasteiger partial charge >= 0.3 is 5.97 Å². The fourth-order valence-corrected chi connectivity index (χ4v) is 3.23. The van der Waals surface area contributed by atoms with Gasteiger partial charge in [0, 0.05) is 10.7 Å². The number of halogens is 1. The highest BCUT2D eigenvalue weighted by Crippen LogP contribution is 2.33. The van der Waals surface area contributed by atoms with Crippen molar-refractivity contribution >= 4 is 35.0 Å². The molecule has 1 unspecified atom stereocenters. The first-order chi connectivity index (χ1) is 13.5. The molecule has 0 aliphatic carbocycles. The number of carboxylic acids is 1. The van der Waals surface area contributed by atoms with Gasteiger partial charge in [-0.15, -0.1) is 0 Å². The minimum Gasteiger partial charge on any atom is -0.477 e. The van der Waals surface area contributed by atoms with Crippen LogP contribution in [0.5, 0.6) is 0 Å². The number of allylic oxidation sites excluding steroid dienone is 1. The summed E-state index contributed by atoms with van der Waals surface area (Å²) in [6.07, 6.45) is 2.95. The third-order valence-electron chi connectivity index (χ3n) is 4.33. The van der Waals surface area contributed by atoms with E-state index in [-0.39, 0.29) is 11.3 Å². The van der Waals surface area contributed by atoms with E-state index in [0.717, 1.165) is 5.56 Å². The zero-order chi connectivity index (χ0) is 19.7. The molecule has 1 aliphatic heterocycles. The standard InChI is InChI=1S/C20H15ClN4O3/c21-13-6-4-5-12(9-13)17-10-16(20(27)28)24-18-15(11-22-25(17)18)19(26)23-14-7-2-1-3-8-14/h1-11,17,24H,(H,23,26)(H,27,28). The van der Waals surface area contributed by atoms with Crippen LogP contribution >= 0.6 is 11.6 Å². The number of carbonyl (C=O) groups is 2. The van der Waals surface area contributed by atoms with Crippen LogP contribution in [0.15, 0.2) is 72.6 Å². The first-order valence-corrected chi connectivity index (χ1v) is 8.82. The fraction of sp³-hybridized carbons (Fsp3) is 0.0500. The predicted molar refractivity (Wildman–Crippen MR) is 106 cm³/mol. The number of para-hydroxylation sites is 1. The van der Waals surface area contributed by atoms with Crippen molar-refractivity contribution < 1.29 is 14.7 Å². The van der Waals surface area contributed by atoms with Crippen LogP contribution in [0.3, 0.4) is 0 Å². The summed E-state index contributed by atoms with van der Waals surface area (Å²) in [5, 5.41) is 19.9. The van der Waals surface area contributed by atoms with Gasteiger partial charge in [0.2, 0.25) is 0 Å². The minimum absolute atomic E-state index is 0.0354. The van der Waals surface area contributed by atoms with Crippen LogP contribution in [0.4, 0.5) is 11.5 Å². The Labute approximate surface area is 165 Å². The molecule has 1 aromatic heterocycles. The fourth-order valence-electron chi connectivity index (χ4n) is 3.03. The molecule has 28 heavy (non-hydrogen) atoms. The quantitative estimate of drug-likeness (QED) is 0.626. The van der Waals surface area contributed by atoms with E-state index in [1.165, 1.54) is 12.3 Å². The third-order valence-corrected chi connectivity index (χ3v) is 4.57. The number of aliphatic carboxylic acids is 1. The van der Waals surface area contributed by atoms with Crippen molar-refractivity contribution in [1.29, 1.82) is 0 Å². The second-order valence-corrected chi connectivity index (χ2v) is 6.62. The number of fused-ring (bicyclic) bond motifs is 1. The maximum absolute atomic E-state index is 12.7.